The molecule has 0 spiro atoms. The molecule has 172 valence electrons. The minimum atomic E-state index is -4.33. The lowest BCUT2D eigenvalue weighted by molar-refractivity contribution is 0.0680. The maximum atomic E-state index is 13.6. The summed E-state index contributed by atoms with van der Waals surface area (Å²) in [4.78, 5) is 13.3. The molecule has 1 N–H and O–H groups in total. The number of carbonyl (C=O) groups excluding carboxylic acids is 1. The van der Waals surface area contributed by atoms with Gasteiger partial charge >= 0.3 is 0 Å². The molecule has 6 nitrogen and oxygen atoms in total. The zero-order chi connectivity index (χ0) is 23.7. The van der Waals surface area contributed by atoms with Crippen molar-refractivity contribution in [2.24, 2.45) is 11.0 Å². The van der Waals surface area contributed by atoms with Crippen molar-refractivity contribution in [2.75, 3.05) is 0 Å². The van der Waals surface area contributed by atoms with Crippen LogP contribution in [0.15, 0.2) is 100 Å². The topological polar surface area (TPSA) is 87.0 Å². The number of hydrogen-bond acceptors (Lipinski definition) is 4. The summed E-state index contributed by atoms with van der Waals surface area (Å²) in [7, 11) is -4.33. The van der Waals surface area contributed by atoms with Crippen LogP contribution < -0.4 is 0 Å². The van der Waals surface area contributed by atoms with Gasteiger partial charge in [0.25, 0.3) is 16.0 Å². The summed E-state index contributed by atoms with van der Waals surface area (Å²) < 4.78 is 32.1. The Balaban J connectivity index is 1.56. The smallest absolute Gasteiger partial charge is 0.282 e. The molecule has 0 radical (unpaired) electrons. The molecule has 0 saturated heterocycles. The lowest BCUT2D eigenvalue weighted by Gasteiger charge is -2.29. The molecule has 0 aromatic heterocycles. The molecule has 1 aliphatic heterocycles. The summed E-state index contributed by atoms with van der Waals surface area (Å²) in [6.45, 7) is 0. The van der Waals surface area contributed by atoms with Crippen LogP contribution in [0.3, 0.4) is 0 Å². The Morgan fingerprint density at radius 1 is 0.941 bits per heavy atom. The van der Waals surface area contributed by atoms with Crippen molar-refractivity contribution in [1.29, 1.82) is 0 Å². The van der Waals surface area contributed by atoms with Gasteiger partial charge < -0.3 is 0 Å². The van der Waals surface area contributed by atoms with Gasteiger partial charge in [-0.05, 0) is 66.3 Å². The van der Waals surface area contributed by atoms with Crippen LogP contribution >= 0.6 is 0 Å². The van der Waals surface area contributed by atoms with E-state index in [9.17, 15) is 17.8 Å². The van der Waals surface area contributed by atoms with E-state index >= 15 is 0 Å². The third-order valence-electron chi connectivity index (χ3n) is 6.39. The number of nitrogens with zero attached hydrogens (tertiary/aromatic N) is 2. The SMILES string of the molecule is O=C(c1ccc(S(=O)(=O)O)cc1)N1N=C2/C(=C/c3ccccc3)CCCC2C1c1ccccc1. The quantitative estimate of drug-likeness (QED) is 0.517. The summed E-state index contributed by atoms with van der Waals surface area (Å²) >= 11 is 0. The third kappa shape index (κ3) is 4.32. The van der Waals surface area contributed by atoms with Gasteiger partial charge in [-0.3, -0.25) is 9.35 Å². The Labute approximate surface area is 199 Å². The Kier molecular flexibility index (Phi) is 5.89. The average molecular weight is 473 g/mol. The monoisotopic (exact) mass is 472 g/mol. The minimum absolute atomic E-state index is 0.0761. The minimum Gasteiger partial charge on any atom is -0.282 e. The first-order valence-electron chi connectivity index (χ1n) is 11.2. The van der Waals surface area contributed by atoms with Crippen LogP contribution in [0.25, 0.3) is 6.08 Å². The number of rotatable bonds is 4. The molecule has 1 saturated carbocycles. The summed E-state index contributed by atoms with van der Waals surface area (Å²) in [6, 6.07) is 25.0. The normalized spacial score (nSPS) is 21.3. The average Bonchev–Trinajstić information content (AvgIpc) is 3.25. The van der Waals surface area contributed by atoms with Crippen LogP contribution in [0.1, 0.15) is 46.8 Å². The largest absolute Gasteiger partial charge is 0.294 e. The van der Waals surface area contributed by atoms with Crippen molar-refractivity contribution in [3.8, 4) is 0 Å². The summed E-state index contributed by atoms with van der Waals surface area (Å²) in [5.74, 6) is -0.233. The predicted octanol–water partition coefficient (Wildman–Crippen LogP) is 5.37. The number of allylic oxidation sites excluding steroid dienone is 1. The van der Waals surface area contributed by atoms with Crippen LogP contribution in [0, 0.1) is 5.92 Å². The number of benzene rings is 3. The highest BCUT2D eigenvalue weighted by atomic mass is 32.2. The number of amides is 1. The van der Waals surface area contributed by atoms with Gasteiger partial charge in [0, 0.05) is 11.5 Å². The molecule has 1 amide bonds. The zero-order valence-corrected chi connectivity index (χ0v) is 19.2. The molecule has 5 rings (SSSR count). The first kappa shape index (κ1) is 22.3. The fourth-order valence-electron chi connectivity index (χ4n) is 4.80. The molecule has 1 aliphatic carbocycles. The molecule has 3 aromatic carbocycles. The lowest BCUT2D eigenvalue weighted by Crippen LogP contribution is -2.31. The van der Waals surface area contributed by atoms with Crippen molar-refractivity contribution >= 4 is 27.8 Å². The molecular weight excluding hydrogens is 448 g/mol. The molecule has 1 fully saturated rings. The Morgan fingerprint density at radius 2 is 1.59 bits per heavy atom. The molecule has 34 heavy (non-hydrogen) atoms. The first-order chi connectivity index (χ1) is 16.4. The molecule has 1 heterocycles. The van der Waals surface area contributed by atoms with E-state index in [1.807, 2.05) is 48.5 Å². The molecule has 2 atom stereocenters. The van der Waals surface area contributed by atoms with Gasteiger partial charge in [-0.25, -0.2) is 5.01 Å². The van der Waals surface area contributed by atoms with Gasteiger partial charge in [-0.2, -0.15) is 13.5 Å². The van der Waals surface area contributed by atoms with Crippen LogP contribution in [0.2, 0.25) is 0 Å². The van der Waals surface area contributed by atoms with E-state index < -0.39 is 10.1 Å². The van der Waals surface area contributed by atoms with Crippen molar-refractivity contribution in [2.45, 2.75) is 30.2 Å². The van der Waals surface area contributed by atoms with Crippen LogP contribution in [-0.2, 0) is 10.1 Å². The molecule has 3 aromatic rings. The Hall–Kier alpha value is -3.55. The van der Waals surface area contributed by atoms with Gasteiger partial charge in [-0.1, -0.05) is 60.7 Å². The first-order valence-corrected chi connectivity index (χ1v) is 12.7. The van der Waals surface area contributed by atoms with Crippen molar-refractivity contribution in [3.05, 3.63) is 107 Å². The fraction of sp³-hybridized carbons (Fsp3) is 0.185. The van der Waals surface area contributed by atoms with Crippen LogP contribution in [0.4, 0.5) is 0 Å². The van der Waals surface area contributed by atoms with E-state index in [1.54, 1.807) is 5.01 Å². The molecule has 0 bridgehead atoms. The number of fused-ring (bicyclic) bond motifs is 1. The second kappa shape index (κ2) is 9.00. The van der Waals surface area contributed by atoms with E-state index in [4.69, 9.17) is 5.10 Å². The highest BCUT2D eigenvalue weighted by Crippen LogP contribution is 2.44. The molecule has 7 heteroatoms. The van der Waals surface area contributed by atoms with Gasteiger partial charge in [0.1, 0.15) is 0 Å². The van der Waals surface area contributed by atoms with Gasteiger partial charge in [0.05, 0.1) is 16.6 Å². The van der Waals surface area contributed by atoms with Crippen LogP contribution in [-0.4, -0.2) is 29.6 Å². The van der Waals surface area contributed by atoms with Crippen molar-refractivity contribution in [1.82, 2.24) is 5.01 Å². The molecule has 2 aliphatic rings. The maximum absolute atomic E-state index is 13.6. The standard InChI is InChI=1S/C27H24N2O4S/c30-27(21-14-16-23(17-15-21)34(31,32)33)29-26(20-10-5-2-6-11-20)24-13-7-12-22(25(24)28-29)18-19-8-3-1-4-9-19/h1-6,8-11,14-18,24,26H,7,12-13H2,(H,31,32,33)/b22-18+. The van der Waals surface area contributed by atoms with Gasteiger partial charge in [0.15, 0.2) is 0 Å². The zero-order valence-electron chi connectivity index (χ0n) is 18.4. The summed E-state index contributed by atoms with van der Waals surface area (Å²) in [5, 5.41) is 6.40. The van der Waals surface area contributed by atoms with E-state index in [2.05, 4.69) is 18.2 Å². The predicted molar refractivity (Wildman–Crippen MR) is 131 cm³/mol. The maximum Gasteiger partial charge on any atom is 0.294 e. The number of hydrazone groups is 1. The fourth-order valence-corrected chi connectivity index (χ4v) is 5.28. The van der Waals surface area contributed by atoms with Crippen LogP contribution in [0.5, 0.6) is 0 Å². The Morgan fingerprint density at radius 3 is 2.24 bits per heavy atom. The molecule has 2 unspecified atom stereocenters. The van der Waals surface area contributed by atoms with E-state index in [1.165, 1.54) is 24.3 Å². The third-order valence-corrected chi connectivity index (χ3v) is 7.26. The second-order valence-corrected chi connectivity index (χ2v) is 9.99. The Bertz CT molecular complexity index is 1370. The molecular formula is C27H24N2O4S. The van der Waals surface area contributed by atoms with E-state index in [0.717, 1.165) is 41.7 Å². The van der Waals surface area contributed by atoms with E-state index in [-0.39, 0.29) is 22.8 Å². The lowest BCUT2D eigenvalue weighted by atomic mass is 9.77. The summed E-state index contributed by atoms with van der Waals surface area (Å²) in [6.07, 6.45) is 4.99. The highest BCUT2D eigenvalue weighted by molar-refractivity contribution is 7.85. The van der Waals surface area contributed by atoms with Gasteiger partial charge in [-0.15, -0.1) is 0 Å². The van der Waals surface area contributed by atoms with Crippen molar-refractivity contribution < 1.29 is 17.8 Å². The van der Waals surface area contributed by atoms with Gasteiger partial charge in [0.2, 0.25) is 0 Å². The highest BCUT2D eigenvalue weighted by Gasteiger charge is 2.43. The summed E-state index contributed by atoms with van der Waals surface area (Å²) in [5.41, 5.74) is 4.50. The van der Waals surface area contributed by atoms with E-state index in [0.29, 0.717) is 5.56 Å². The van der Waals surface area contributed by atoms with Crippen molar-refractivity contribution in [3.63, 3.8) is 0 Å². The second-order valence-electron chi connectivity index (χ2n) is 8.57. The number of hydrogen-bond donors (Lipinski definition) is 1. The number of carbonyl (C=O) groups is 1.